The Morgan fingerprint density at radius 3 is 2.35 bits per heavy atom. The fourth-order valence-electron chi connectivity index (χ4n) is 2.42. The lowest BCUT2D eigenvalue weighted by molar-refractivity contribution is -0.137. The maximum absolute atomic E-state index is 12.9. The van der Waals surface area contributed by atoms with E-state index in [0.717, 1.165) is 16.8 Å². The average molecular weight is 310 g/mol. The zero-order valence-electron chi connectivity index (χ0n) is 12.4. The van der Waals surface area contributed by atoms with Crippen molar-refractivity contribution >= 4 is 17.9 Å². The smallest absolute Gasteiger partial charge is 0.229 e. The monoisotopic (exact) mass is 310 g/mol. The standard InChI is InChI=1S/C18H15FN2O2/c19-15-6-4-14(5-7-15)16-8-3-13(12-20-16)2-1-11-21-17(22)9-10-18(21)23/h1-8,12H,9-11H2/b2-1+. The summed E-state index contributed by atoms with van der Waals surface area (Å²) in [4.78, 5) is 28.6. The fourth-order valence-corrected chi connectivity index (χ4v) is 2.42. The molecule has 0 spiro atoms. The first-order chi connectivity index (χ1) is 11.1. The minimum Gasteiger partial charge on any atom is -0.279 e. The predicted octanol–water partition coefficient (Wildman–Crippen LogP) is 3.05. The van der Waals surface area contributed by atoms with Crippen LogP contribution in [0.1, 0.15) is 18.4 Å². The maximum atomic E-state index is 12.9. The highest BCUT2D eigenvalue weighted by Crippen LogP contribution is 2.18. The van der Waals surface area contributed by atoms with Crippen molar-refractivity contribution in [2.24, 2.45) is 0 Å². The summed E-state index contributed by atoms with van der Waals surface area (Å²) >= 11 is 0. The third-order valence-electron chi connectivity index (χ3n) is 3.68. The van der Waals surface area contributed by atoms with Crippen LogP contribution in [0.5, 0.6) is 0 Å². The van der Waals surface area contributed by atoms with Crippen LogP contribution in [0.25, 0.3) is 17.3 Å². The van der Waals surface area contributed by atoms with E-state index in [9.17, 15) is 14.0 Å². The van der Waals surface area contributed by atoms with Crippen molar-refractivity contribution in [1.82, 2.24) is 9.88 Å². The molecule has 1 aromatic carbocycles. The van der Waals surface area contributed by atoms with Gasteiger partial charge in [0.1, 0.15) is 5.82 Å². The molecule has 23 heavy (non-hydrogen) atoms. The summed E-state index contributed by atoms with van der Waals surface area (Å²) in [5.74, 6) is -0.520. The van der Waals surface area contributed by atoms with Gasteiger partial charge in [-0.05, 0) is 35.9 Å². The van der Waals surface area contributed by atoms with Gasteiger partial charge in [0.05, 0.1) is 5.69 Å². The Bertz CT molecular complexity index is 736. The summed E-state index contributed by atoms with van der Waals surface area (Å²) in [7, 11) is 0. The van der Waals surface area contributed by atoms with Crippen molar-refractivity contribution in [2.45, 2.75) is 12.8 Å². The lowest BCUT2D eigenvalue weighted by Crippen LogP contribution is -2.28. The van der Waals surface area contributed by atoms with Crippen LogP contribution in [0.15, 0.2) is 48.7 Å². The van der Waals surface area contributed by atoms with Crippen LogP contribution in [-0.2, 0) is 9.59 Å². The Kier molecular flexibility index (Phi) is 4.28. The second-order valence-corrected chi connectivity index (χ2v) is 5.28. The van der Waals surface area contributed by atoms with Crippen LogP contribution in [0, 0.1) is 5.82 Å². The molecule has 0 N–H and O–H groups in total. The van der Waals surface area contributed by atoms with E-state index in [0.29, 0.717) is 12.8 Å². The Hall–Kier alpha value is -2.82. The van der Waals surface area contributed by atoms with Gasteiger partial charge in [0, 0.05) is 31.1 Å². The van der Waals surface area contributed by atoms with Gasteiger partial charge in [-0.3, -0.25) is 19.5 Å². The molecule has 1 aromatic heterocycles. The second kappa shape index (κ2) is 6.52. The molecular formula is C18H15FN2O2. The molecule has 0 saturated carbocycles. The van der Waals surface area contributed by atoms with E-state index in [2.05, 4.69) is 4.98 Å². The normalized spacial score (nSPS) is 14.9. The summed E-state index contributed by atoms with van der Waals surface area (Å²) in [6.45, 7) is 0.289. The first kappa shape index (κ1) is 15.1. The van der Waals surface area contributed by atoms with Gasteiger partial charge in [-0.25, -0.2) is 4.39 Å². The largest absolute Gasteiger partial charge is 0.279 e. The highest BCUT2D eigenvalue weighted by molar-refractivity contribution is 6.02. The highest BCUT2D eigenvalue weighted by atomic mass is 19.1. The molecule has 1 saturated heterocycles. The van der Waals surface area contributed by atoms with E-state index in [1.165, 1.54) is 17.0 Å². The van der Waals surface area contributed by atoms with E-state index in [1.54, 1.807) is 24.4 Å². The molecule has 1 aliphatic rings. The fraction of sp³-hybridized carbons (Fsp3) is 0.167. The van der Waals surface area contributed by atoms with Gasteiger partial charge in [-0.1, -0.05) is 18.2 Å². The number of halogens is 1. The topological polar surface area (TPSA) is 50.3 Å². The number of likely N-dealkylation sites (tertiary alicyclic amines) is 1. The highest BCUT2D eigenvalue weighted by Gasteiger charge is 2.27. The van der Waals surface area contributed by atoms with E-state index in [-0.39, 0.29) is 24.2 Å². The molecule has 2 aromatic rings. The summed E-state index contributed by atoms with van der Waals surface area (Å²) in [5, 5.41) is 0. The van der Waals surface area contributed by atoms with Crippen LogP contribution < -0.4 is 0 Å². The van der Waals surface area contributed by atoms with Crippen molar-refractivity contribution < 1.29 is 14.0 Å². The Morgan fingerprint density at radius 1 is 1.04 bits per heavy atom. The number of nitrogens with zero attached hydrogens (tertiary/aromatic N) is 2. The minimum atomic E-state index is -0.278. The van der Waals surface area contributed by atoms with Crippen LogP contribution in [-0.4, -0.2) is 28.2 Å². The van der Waals surface area contributed by atoms with E-state index in [1.807, 2.05) is 18.2 Å². The van der Waals surface area contributed by atoms with Crippen molar-refractivity contribution in [1.29, 1.82) is 0 Å². The van der Waals surface area contributed by atoms with Gasteiger partial charge in [0.15, 0.2) is 0 Å². The number of carbonyl (C=O) groups excluding carboxylic acids is 2. The molecule has 4 nitrogen and oxygen atoms in total. The number of pyridine rings is 1. The Balaban J connectivity index is 1.65. The molecular weight excluding hydrogens is 295 g/mol. The number of benzene rings is 1. The molecule has 0 atom stereocenters. The number of imide groups is 1. The molecule has 5 heteroatoms. The Labute approximate surface area is 133 Å². The molecule has 0 bridgehead atoms. The van der Waals surface area contributed by atoms with Gasteiger partial charge in [0.2, 0.25) is 11.8 Å². The number of rotatable bonds is 4. The van der Waals surface area contributed by atoms with Gasteiger partial charge >= 0.3 is 0 Å². The summed E-state index contributed by atoms with van der Waals surface area (Å²) < 4.78 is 12.9. The first-order valence-electron chi connectivity index (χ1n) is 7.35. The minimum absolute atomic E-state index is 0.121. The number of hydrogen-bond donors (Lipinski definition) is 0. The predicted molar refractivity (Wildman–Crippen MR) is 84.6 cm³/mol. The third kappa shape index (κ3) is 3.51. The third-order valence-corrected chi connectivity index (χ3v) is 3.68. The van der Waals surface area contributed by atoms with E-state index >= 15 is 0 Å². The van der Waals surface area contributed by atoms with Crippen LogP contribution in [0.4, 0.5) is 4.39 Å². The first-order valence-corrected chi connectivity index (χ1v) is 7.35. The van der Waals surface area contributed by atoms with Crippen LogP contribution >= 0.6 is 0 Å². The molecule has 1 fully saturated rings. The number of amides is 2. The maximum Gasteiger partial charge on any atom is 0.229 e. The molecule has 2 amide bonds. The molecule has 0 aliphatic carbocycles. The Morgan fingerprint density at radius 2 is 1.74 bits per heavy atom. The lowest BCUT2D eigenvalue weighted by Gasteiger charge is -2.09. The summed E-state index contributed by atoms with van der Waals surface area (Å²) in [6.07, 6.45) is 5.90. The molecule has 1 aliphatic heterocycles. The van der Waals surface area contributed by atoms with Gasteiger partial charge in [-0.2, -0.15) is 0 Å². The molecule has 2 heterocycles. The quantitative estimate of drug-likeness (QED) is 0.816. The number of aromatic nitrogens is 1. The summed E-state index contributed by atoms with van der Waals surface area (Å²) in [5.41, 5.74) is 2.47. The van der Waals surface area contributed by atoms with Crippen LogP contribution in [0.3, 0.4) is 0 Å². The van der Waals surface area contributed by atoms with Crippen molar-refractivity contribution in [3.8, 4) is 11.3 Å². The van der Waals surface area contributed by atoms with Gasteiger partial charge in [0.25, 0.3) is 0 Å². The molecule has 0 unspecified atom stereocenters. The zero-order chi connectivity index (χ0) is 16.2. The van der Waals surface area contributed by atoms with Crippen molar-refractivity contribution in [2.75, 3.05) is 6.54 Å². The van der Waals surface area contributed by atoms with Gasteiger partial charge in [-0.15, -0.1) is 0 Å². The zero-order valence-corrected chi connectivity index (χ0v) is 12.4. The molecule has 3 rings (SSSR count). The van der Waals surface area contributed by atoms with Crippen molar-refractivity contribution in [3.05, 3.63) is 60.1 Å². The van der Waals surface area contributed by atoms with E-state index in [4.69, 9.17) is 0 Å². The van der Waals surface area contributed by atoms with E-state index < -0.39 is 0 Å². The number of carbonyl (C=O) groups is 2. The van der Waals surface area contributed by atoms with Gasteiger partial charge < -0.3 is 0 Å². The van der Waals surface area contributed by atoms with Crippen molar-refractivity contribution in [3.63, 3.8) is 0 Å². The van der Waals surface area contributed by atoms with Crippen LogP contribution in [0.2, 0.25) is 0 Å². The SMILES string of the molecule is O=C1CCC(=O)N1C/C=C/c1ccc(-c2ccc(F)cc2)nc1. The summed E-state index contributed by atoms with van der Waals surface area (Å²) in [6, 6.07) is 9.88. The molecule has 116 valence electrons. The molecule has 0 radical (unpaired) electrons. The number of hydrogen-bond acceptors (Lipinski definition) is 3. The lowest BCUT2D eigenvalue weighted by atomic mass is 10.1. The average Bonchev–Trinajstić information content (AvgIpc) is 2.88. The second-order valence-electron chi connectivity index (χ2n) is 5.28.